The molecule has 13 heavy (non-hydrogen) atoms. The molecule has 1 N–H and O–H groups in total. The molecule has 0 aromatic heterocycles. The summed E-state index contributed by atoms with van der Waals surface area (Å²) >= 11 is 0. The molecule has 0 spiro atoms. The van der Waals surface area contributed by atoms with E-state index in [2.05, 4.69) is 18.2 Å². The Bertz CT molecular complexity index is 154. The highest BCUT2D eigenvalue weighted by atomic mass is 35.5. The average molecular weight is 202 g/mol. The Hall–Kier alpha value is -0.190. The molecule has 0 unspecified atom stereocenters. The van der Waals surface area contributed by atoms with Gasteiger partial charge in [0.05, 0.1) is 0 Å². The van der Waals surface area contributed by atoms with Crippen molar-refractivity contribution in [2.75, 3.05) is 6.54 Å². The highest BCUT2D eigenvalue weighted by Gasteiger charge is 2.16. The number of halogens is 1. The van der Waals surface area contributed by atoms with Crippen LogP contribution in [-0.4, -0.2) is 12.6 Å². The molecular weight excluding hydrogens is 182 g/mol. The van der Waals surface area contributed by atoms with E-state index in [1.165, 1.54) is 25.7 Å². The fraction of sp³-hybridized carbons (Fsp3) is 0.818. The van der Waals surface area contributed by atoms with Crippen molar-refractivity contribution in [1.82, 2.24) is 5.32 Å². The molecule has 0 radical (unpaired) electrons. The van der Waals surface area contributed by atoms with Gasteiger partial charge in [-0.25, -0.2) is 0 Å². The van der Waals surface area contributed by atoms with Crippen molar-refractivity contribution in [3.8, 4) is 12.3 Å². The van der Waals surface area contributed by atoms with Crippen LogP contribution in [0.25, 0.3) is 0 Å². The highest BCUT2D eigenvalue weighted by molar-refractivity contribution is 5.85. The molecule has 2 heteroatoms. The second-order valence-electron chi connectivity index (χ2n) is 3.87. The fourth-order valence-corrected chi connectivity index (χ4v) is 1.81. The Morgan fingerprint density at radius 1 is 1.31 bits per heavy atom. The van der Waals surface area contributed by atoms with Crippen molar-refractivity contribution in [3.63, 3.8) is 0 Å². The zero-order chi connectivity index (χ0) is 8.81. The molecule has 1 aliphatic carbocycles. The Labute approximate surface area is 88.1 Å². The number of terminal acetylenes is 1. The van der Waals surface area contributed by atoms with E-state index in [4.69, 9.17) is 6.42 Å². The van der Waals surface area contributed by atoms with E-state index in [0.717, 1.165) is 24.9 Å². The van der Waals surface area contributed by atoms with Gasteiger partial charge < -0.3 is 5.32 Å². The summed E-state index contributed by atoms with van der Waals surface area (Å²) in [7, 11) is 0. The summed E-state index contributed by atoms with van der Waals surface area (Å²) in [6.45, 7) is 3.34. The Morgan fingerprint density at radius 2 is 1.92 bits per heavy atom. The van der Waals surface area contributed by atoms with Gasteiger partial charge in [0, 0.05) is 19.0 Å². The molecule has 76 valence electrons. The van der Waals surface area contributed by atoms with Gasteiger partial charge in [0.15, 0.2) is 0 Å². The van der Waals surface area contributed by atoms with E-state index < -0.39 is 0 Å². The monoisotopic (exact) mass is 201 g/mol. The summed E-state index contributed by atoms with van der Waals surface area (Å²) in [6, 6.07) is 0.745. The molecule has 1 fully saturated rings. The maximum Gasteiger partial charge on any atom is 0.0211 e. The Kier molecular flexibility index (Phi) is 7.13. The molecule has 1 rings (SSSR count). The molecule has 0 atom stereocenters. The van der Waals surface area contributed by atoms with Crippen LogP contribution in [0.2, 0.25) is 0 Å². The van der Waals surface area contributed by atoms with Gasteiger partial charge in [-0.15, -0.1) is 24.8 Å². The van der Waals surface area contributed by atoms with Crippen molar-refractivity contribution in [2.45, 2.75) is 45.1 Å². The van der Waals surface area contributed by atoms with Crippen molar-refractivity contribution in [3.05, 3.63) is 0 Å². The maximum absolute atomic E-state index is 5.18. The van der Waals surface area contributed by atoms with Gasteiger partial charge in [-0.05, 0) is 31.6 Å². The SMILES string of the molecule is C#CCCNC1CCC(C)CC1.Cl. The molecule has 0 heterocycles. The van der Waals surface area contributed by atoms with Gasteiger partial charge >= 0.3 is 0 Å². The first-order chi connectivity index (χ1) is 5.83. The highest BCUT2D eigenvalue weighted by Crippen LogP contribution is 2.23. The summed E-state index contributed by atoms with van der Waals surface area (Å²) in [6.07, 6.45) is 11.5. The Morgan fingerprint density at radius 3 is 2.46 bits per heavy atom. The molecule has 0 amide bonds. The van der Waals surface area contributed by atoms with E-state index in [9.17, 15) is 0 Å². The predicted octanol–water partition coefficient (Wildman–Crippen LogP) is 2.60. The van der Waals surface area contributed by atoms with Crippen molar-refractivity contribution in [1.29, 1.82) is 0 Å². The quantitative estimate of drug-likeness (QED) is 0.547. The zero-order valence-corrected chi connectivity index (χ0v) is 9.20. The average Bonchev–Trinajstić information content (AvgIpc) is 2.09. The van der Waals surface area contributed by atoms with Crippen molar-refractivity contribution >= 4 is 12.4 Å². The third kappa shape index (κ3) is 5.18. The van der Waals surface area contributed by atoms with Gasteiger partial charge in [0.1, 0.15) is 0 Å². The minimum atomic E-state index is 0. The third-order valence-electron chi connectivity index (χ3n) is 2.72. The molecule has 1 aliphatic rings. The lowest BCUT2D eigenvalue weighted by atomic mass is 9.87. The van der Waals surface area contributed by atoms with Crippen LogP contribution in [0, 0.1) is 18.3 Å². The molecule has 0 aliphatic heterocycles. The van der Waals surface area contributed by atoms with Crippen LogP contribution in [0.3, 0.4) is 0 Å². The molecule has 0 aromatic rings. The first kappa shape index (κ1) is 12.8. The van der Waals surface area contributed by atoms with Crippen LogP contribution in [-0.2, 0) is 0 Å². The molecule has 1 saturated carbocycles. The first-order valence-electron chi connectivity index (χ1n) is 4.99. The van der Waals surface area contributed by atoms with Gasteiger partial charge in [0.25, 0.3) is 0 Å². The zero-order valence-electron chi connectivity index (χ0n) is 8.38. The normalized spacial score (nSPS) is 27.4. The van der Waals surface area contributed by atoms with Crippen LogP contribution in [0.5, 0.6) is 0 Å². The number of nitrogens with one attached hydrogen (secondary N) is 1. The summed E-state index contributed by atoms with van der Waals surface area (Å²) in [4.78, 5) is 0. The molecule has 0 bridgehead atoms. The summed E-state index contributed by atoms with van der Waals surface area (Å²) < 4.78 is 0. The summed E-state index contributed by atoms with van der Waals surface area (Å²) in [5.41, 5.74) is 0. The van der Waals surface area contributed by atoms with Gasteiger partial charge in [-0.3, -0.25) is 0 Å². The lowest BCUT2D eigenvalue weighted by Crippen LogP contribution is -2.33. The lowest BCUT2D eigenvalue weighted by molar-refractivity contribution is 0.309. The molecular formula is C11H20ClN. The third-order valence-corrected chi connectivity index (χ3v) is 2.72. The summed E-state index contributed by atoms with van der Waals surface area (Å²) in [5, 5.41) is 3.50. The van der Waals surface area contributed by atoms with Crippen LogP contribution < -0.4 is 5.32 Å². The number of hydrogen-bond donors (Lipinski definition) is 1. The largest absolute Gasteiger partial charge is 0.313 e. The van der Waals surface area contributed by atoms with Gasteiger partial charge in [-0.2, -0.15) is 0 Å². The summed E-state index contributed by atoms with van der Waals surface area (Å²) in [5.74, 6) is 3.59. The van der Waals surface area contributed by atoms with Crippen LogP contribution >= 0.6 is 12.4 Å². The van der Waals surface area contributed by atoms with E-state index in [0.29, 0.717) is 0 Å². The minimum Gasteiger partial charge on any atom is -0.313 e. The molecule has 0 aromatic carbocycles. The second-order valence-corrected chi connectivity index (χ2v) is 3.87. The van der Waals surface area contributed by atoms with Gasteiger partial charge in [0.2, 0.25) is 0 Å². The molecule has 0 saturated heterocycles. The van der Waals surface area contributed by atoms with Crippen LogP contribution in [0.15, 0.2) is 0 Å². The standard InChI is InChI=1S/C11H19N.ClH/c1-3-4-9-12-11-7-5-10(2)6-8-11;/h1,10-12H,4-9H2,2H3;1H. The predicted molar refractivity (Wildman–Crippen MR) is 60.1 cm³/mol. The van der Waals surface area contributed by atoms with Crippen molar-refractivity contribution < 1.29 is 0 Å². The van der Waals surface area contributed by atoms with Crippen LogP contribution in [0.4, 0.5) is 0 Å². The van der Waals surface area contributed by atoms with E-state index in [-0.39, 0.29) is 12.4 Å². The van der Waals surface area contributed by atoms with Crippen molar-refractivity contribution in [2.24, 2.45) is 5.92 Å². The van der Waals surface area contributed by atoms with E-state index in [1.54, 1.807) is 0 Å². The lowest BCUT2D eigenvalue weighted by Gasteiger charge is -2.26. The smallest absolute Gasteiger partial charge is 0.0211 e. The minimum absolute atomic E-state index is 0. The van der Waals surface area contributed by atoms with Gasteiger partial charge in [-0.1, -0.05) is 6.92 Å². The fourth-order valence-electron chi connectivity index (χ4n) is 1.81. The number of rotatable bonds is 3. The number of hydrogen-bond acceptors (Lipinski definition) is 1. The maximum atomic E-state index is 5.18. The molecule has 1 nitrogen and oxygen atoms in total. The Balaban J connectivity index is 0.00000144. The first-order valence-corrected chi connectivity index (χ1v) is 4.99. The van der Waals surface area contributed by atoms with E-state index >= 15 is 0 Å². The van der Waals surface area contributed by atoms with E-state index in [1.807, 2.05) is 0 Å². The topological polar surface area (TPSA) is 12.0 Å². The second kappa shape index (κ2) is 7.24. The van der Waals surface area contributed by atoms with Crippen LogP contribution in [0.1, 0.15) is 39.0 Å².